The molecule has 0 aromatic heterocycles. The second-order valence-corrected chi connectivity index (χ2v) is 20.2. The van der Waals surface area contributed by atoms with E-state index in [1.54, 1.807) is 0 Å². The lowest BCUT2D eigenvalue weighted by molar-refractivity contribution is -0.167. The first-order valence-electron chi connectivity index (χ1n) is 30.3. The van der Waals surface area contributed by atoms with Crippen molar-refractivity contribution in [1.82, 2.24) is 0 Å². The van der Waals surface area contributed by atoms with Gasteiger partial charge in [0.25, 0.3) is 0 Å². The molecular weight excluding hydrogens is 865 g/mol. The summed E-state index contributed by atoms with van der Waals surface area (Å²) >= 11 is 0. The van der Waals surface area contributed by atoms with Gasteiger partial charge in [0.1, 0.15) is 13.2 Å². The SMILES string of the molecule is CCCCC/C=C\C/C=C\CCCCCCCCCCCC(=O)OCC(COC(=O)CCCCCCC/C=C\C/C=C\CCCCCC)OC(=O)CCCCCCCCC/C=C\CCCCCCCC. The van der Waals surface area contributed by atoms with Crippen molar-refractivity contribution in [3.8, 4) is 0 Å². The van der Waals surface area contributed by atoms with Gasteiger partial charge in [-0.15, -0.1) is 0 Å². The van der Waals surface area contributed by atoms with Crippen LogP contribution in [0.2, 0.25) is 0 Å². The van der Waals surface area contributed by atoms with E-state index in [2.05, 4.69) is 81.5 Å². The molecule has 0 heterocycles. The van der Waals surface area contributed by atoms with Crippen LogP contribution in [0, 0.1) is 0 Å². The van der Waals surface area contributed by atoms with Crippen LogP contribution in [0.5, 0.6) is 0 Å². The van der Waals surface area contributed by atoms with Crippen molar-refractivity contribution < 1.29 is 28.6 Å². The van der Waals surface area contributed by atoms with Crippen molar-refractivity contribution in [1.29, 1.82) is 0 Å². The summed E-state index contributed by atoms with van der Waals surface area (Å²) in [5, 5.41) is 0. The second kappa shape index (κ2) is 58.7. The minimum atomic E-state index is -0.784. The molecule has 0 bridgehead atoms. The van der Waals surface area contributed by atoms with Crippen molar-refractivity contribution in [2.45, 2.75) is 316 Å². The normalized spacial score (nSPS) is 12.4. The summed E-state index contributed by atoms with van der Waals surface area (Å²) in [7, 11) is 0. The van der Waals surface area contributed by atoms with Gasteiger partial charge in [-0.25, -0.2) is 0 Å². The molecule has 0 rings (SSSR count). The van der Waals surface area contributed by atoms with Gasteiger partial charge in [-0.2, -0.15) is 0 Å². The second-order valence-electron chi connectivity index (χ2n) is 20.2. The van der Waals surface area contributed by atoms with E-state index in [9.17, 15) is 14.4 Å². The Morgan fingerprint density at radius 3 is 0.843 bits per heavy atom. The first kappa shape index (κ1) is 67.1. The molecule has 1 unspecified atom stereocenters. The summed E-state index contributed by atoms with van der Waals surface area (Å²) in [6.45, 7) is 6.61. The van der Waals surface area contributed by atoms with Crippen LogP contribution < -0.4 is 0 Å². The van der Waals surface area contributed by atoms with E-state index in [-0.39, 0.29) is 31.1 Å². The van der Waals surface area contributed by atoms with Gasteiger partial charge in [-0.1, -0.05) is 242 Å². The maximum atomic E-state index is 12.9. The molecule has 0 aromatic carbocycles. The fourth-order valence-corrected chi connectivity index (χ4v) is 8.62. The van der Waals surface area contributed by atoms with Crippen molar-refractivity contribution in [3.63, 3.8) is 0 Å². The molecule has 6 nitrogen and oxygen atoms in total. The first-order chi connectivity index (χ1) is 34.5. The number of carbonyl (C=O) groups is 3. The Labute approximate surface area is 434 Å². The van der Waals surface area contributed by atoms with E-state index in [1.165, 1.54) is 186 Å². The molecule has 0 aromatic rings. The Bertz CT molecular complexity index is 1260. The van der Waals surface area contributed by atoms with Crippen LogP contribution >= 0.6 is 0 Å². The minimum Gasteiger partial charge on any atom is -0.462 e. The Hall–Kier alpha value is -2.89. The third-order valence-corrected chi connectivity index (χ3v) is 13.2. The molecular formula is C64H114O6. The Morgan fingerprint density at radius 2 is 0.514 bits per heavy atom. The fourth-order valence-electron chi connectivity index (χ4n) is 8.62. The van der Waals surface area contributed by atoms with Crippen molar-refractivity contribution in [2.75, 3.05) is 13.2 Å². The van der Waals surface area contributed by atoms with Gasteiger partial charge in [-0.05, 0) is 109 Å². The Balaban J connectivity index is 4.39. The van der Waals surface area contributed by atoms with Gasteiger partial charge in [0.05, 0.1) is 0 Å². The van der Waals surface area contributed by atoms with Gasteiger partial charge in [0.2, 0.25) is 0 Å². The van der Waals surface area contributed by atoms with Crippen LogP contribution in [0.4, 0.5) is 0 Å². The van der Waals surface area contributed by atoms with Crippen LogP contribution in [0.1, 0.15) is 310 Å². The van der Waals surface area contributed by atoms with Crippen LogP contribution in [-0.2, 0) is 28.6 Å². The molecule has 1 atom stereocenters. The van der Waals surface area contributed by atoms with E-state index in [4.69, 9.17) is 14.2 Å². The number of rotatable bonds is 55. The van der Waals surface area contributed by atoms with Crippen molar-refractivity contribution in [2.24, 2.45) is 0 Å². The number of unbranched alkanes of at least 4 members (excludes halogenated alkanes) is 34. The van der Waals surface area contributed by atoms with Crippen LogP contribution in [0.15, 0.2) is 60.8 Å². The summed E-state index contributed by atoms with van der Waals surface area (Å²) in [4.78, 5) is 38.2. The van der Waals surface area contributed by atoms with Crippen molar-refractivity contribution in [3.05, 3.63) is 60.8 Å². The Kier molecular flexibility index (Phi) is 56.3. The molecule has 0 aliphatic rings. The zero-order valence-electron chi connectivity index (χ0n) is 46.5. The molecule has 0 radical (unpaired) electrons. The molecule has 406 valence electrons. The molecule has 6 heteroatoms. The molecule has 0 amide bonds. The lowest BCUT2D eigenvalue weighted by atomic mass is 10.1. The molecule has 0 spiro atoms. The smallest absolute Gasteiger partial charge is 0.306 e. The molecule has 0 saturated heterocycles. The van der Waals surface area contributed by atoms with Gasteiger partial charge < -0.3 is 14.2 Å². The highest BCUT2D eigenvalue weighted by atomic mass is 16.6. The summed E-state index contributed by atoms with van der Waals surface area (Å²) in [6, 6.07) is 0. The van der Waals surface area contributed by atoms with E-state index in [0.29, 0.717) is 19.3 Å². The van der Waals surface area contributed by atoms with Crippen molar-refractivity contribution >= 4 is 17.9 Å². The summed E-state index contributed by atoms with van der Waals surface area (Å²) in [6.07, 6.45) is 73.5. The van der Waals surface area contributed by atoms with Crippen LogP contribution in [0.25, 0.3) is 0 Å². The quantitative estimate of drug-likeness (QED) is 0.0261. The number of ether oxygens (including phenoxy) is 3. The Morgan fingerprint density at radius 1 is 0.286 bits per heavy atom. The summed E-state index contributed by atoms with van der Waals surface area (Å²) < 4.78 is 16.9. The number of hydrogen-bond acceptors (Lipinski definition) is 6. The highest BCUT2D eigenvalue weighted by Crippen LogP contribution is 2.15. The van der Waals surface area contributed by atoms with Gasteiger partial charge in [0, 0.05) is 19.3 Å². The fraction of sp³-hybridized carbons (Fsp3) is 0.797. The summed E-state index contributed by atoms with van der Waals surface area (Å²) in [5.74, 6) is -0.890. The molecule has 0 aliphatic heterocycles. The van der Waals surface area contributed by atoms with Crippen LogP contribution in [0.3, 0.4) is 0 Å². The van der Waals surface area contributed by atoms with E-state index in [0.717, 1.165) is 83.5 Å². The highest BCUT2D eigenvalue weighted by molar-refractivity contribution is 5.71. The maximum Gasteiger partial charge on any atom is 0.306 e. The van der Waals surface area contributed by atoms with Gasteiger partial charge in [-0.3, -0.25) is 14.4 Å². The highest BCUT2D eigenvalue weighted by Gasteiger charge is 2.19. The predicted octanol–water partition coefficient (Wildman–Crippen LogP) is 20.4. The van der Waals surface area contributed by atoms with Crippen LogP contribution in [-0.4, -0.2) is 37.2 Å². The van der Waals surface area contributed by atoms with E-state index >= 15 is 0 Å². The number of carbonyl (C=O) groups excluding carboxylic acids is 3. The van der Waals surface area contributed by atoms with Gasteiger partial charge >= 0.3 is 17.9 Å². The number of esters is 3. The van der Waals surface area contributed by atoms with Gasteiger partial charge in [0.15, 0.2) is 6.10 Å². The molecule has 70 heavy (non-hydrogen) atoms. The molecule has 0 saturated carbocycles. The standard InChI is InChI=1S/C64H114O6/c1-4-7-10-13-16-19-22-25-28-31-32-34-36-39-42-45-48-51-54-57-63(66)69-60-61(59-68-62(65)56-53-50-47-44-41-38-35-30-27-24-21-18-15-12-9-6-3)70-64(67)58-55-52-49-46-43-40-37-33-29-26-23-20-17-14-11-8-5-2/h16,19,21,24-26,28-30,35,61H,4-15,17-18,20,22-23,27,31-34,36-60H2,1-3H3/b19-16-,24-21-,28-25-,29-26-,35-30-. The third kappa shape index (κ3) is 56.0. The topological polar surface area (TPSA) is 78.9 Å². The number of allylic oxidation sites excluding steroid dienone is 10. The van der Waals surface area contributed by atoms with E-state index in [1.807, 2.05) is 0 Å². The number of hydrogen-bond donors (Lipinski definition) is 0. The molecule has 0 aliphatic carbocycles. The largest absolute Gasteiger partial charge is 0.462 e. The lowest BCUT2D eigenvalue weighted by Crippen LogP contribution is -2.30. The minimum absolute atomic E-state index is 0.0815. The molecule has 0 N–H and O–H groups in total. The summed E-state index contributed by atoms with van der Waals surface area (Å²) in [5.41, 5.74) is 0. The average molecular weight is 980 g/mol. The zero-order valence-corrected chi connectivity index (χ0v) is 46.5. The lowest BCUT2D eigenvalue weighted by Gasteiger charge is -2.18. The average Bonchev–Trinajstić information content (AvgIpc) is 3.36. The monoisotopic (exact) mass is 979 g/mol. The first-order valence-corrected chi connectivity index (χ1v) is 30.3. The van der Waals surface area contributed by atoms with E-state index < -0.39 is 6.10 Å². The zero-order chi connectivity index (χ0) is 50.7. The predicted molar refractivity (Wildman–Crippen MR) is 302 cm³/mol. The maximum absolute atomic E-state index is 12.9. The molecule has 0 fully saturated rings. The third-order valence-electron chi connectivity index (χ3n) is 13.2.